The summed E-state index contributed by atoms with van der Waals surface area (Å²) >= 11 is 3.53. The average molecular weight is 383 g/mol. The molecule has 1 aromatic carbocycles. The van der Waals surface area contributed by atoms with Crippen molar-refractivity contribution in [2.24, 2.45) is 5.73 Å². The van der Waals surface area contributed by atoms with E-state index in [2.05, 4.69) is 35.6 Å². The van der Waals surface area contributed by atoms with Crippen LogP contribution in [0, 0.1) is 6.92 Å². The topological polar surface area (TPSA) is 57.2 Å². The van der Waals surface area contributed by atoms with Gasteiger partial charge >= 0.3 is 0 Å². The summed E-state index contributed by atoms with van der Waals surface area (Å²) in [5, 5.41) is 0.989. The second-order valence-electron chi connectivity index (χ2n) is 6.78. The predicted molar refractivity (Wildman–Crippen MR) is 97.0 cm³/mol. The van der Waals surface area contributed by atoms with Crippen molar-refractivity contribution in [1.82, 2.24) is 4.57 Å². The molecule has 22 heavy (non-hydrogen) atoms. The van der Waals surface area contributed by atoms with Gasteiger partial charge < -0.3 is 15.0 Å². The number of ether oxygens (including phenoxy) is 1. The molecular formula is C16H23BrN2O2Si. The van der Waals surface area contributed by atoms with Gasteiger partial charge in [-0.25, -0.2) is 0 Å². The highest BCUT2D eigenvalue weighted by Gasteiger charge is 2.16. The lowest BCUT2D eigenvalue weighted by Gasteiger charge is -2.16. The van der Waals surface area contributed by atoms with Gasteiger partial charge in [0, 0.05) is 30.2 Å². The minimum Gasteiger partial charge on any atom is -0.366 e. The van der Waals surface area contributed by atoms with E-state index < -0.39 is 14.0 Å². The van der Waals surface area contributed by atoms with E-state index in [1.165, 1.54) is 0 Å². The SMILES string of the molecule is Cc1cc2c(Br)ccc(C(N)=O)c2n1COCC[Si](C)(C)C. The number of amides is 1. The Morgan fingerprint density at radius 2 is 2.05 bits per heavy atom. The molecule has 0 fully saturated rings. The number of hydrogen-bond acceptors (Lipinski definition) is 2. The molecule has 0 bridgehead atoms. The molecule has 1 amide bonds. The monoisotopic (exact) mass is 382 g/mol. The van der Waals surface area contributed by atoms with E-state index in [-0.39, 0.29) is 0 Å². The Hall–Kier alpha value is -1.11. The molecule has 0 unspecified atom stereocenters. The highest BCUT2D eigenvalue weighted by Crippen LogP contribution is 2.30. The second-order valence-corrected chi connectivity index (χ2v) is 13.3. The van der Waals surface area contributed by atoms with Gasteiger partial charge in [-0.15, -0.1) is 0 Å². The fraction of sp³-hybridized carbons (Fsp3) is 0.438. The molecule has 1 aromatic heterocycles. The van der Waals surface area contributed by atoms with Gasteiger partial charge in [-0.2, -0.15) is 0 Å². The van der Waals surface area contributed by atoms with E-state index in [9.17, 15) is 4.79 Å². The molecule has 0 aliphatic rings. The number of rotatable bonds is 6. The van der Waals surface area contributed by atoms with Crippen molar-refractivity contribution >= 4 is 40.8 Å². The highest BCUT2D eigenvalue weighted by atomic mass is 79.9. The number of hydrogen-bond donors (Lipinski definition) is 1. The molecule has 4 nitrogen and oxygen atoms in total. The zero-order chi connectivity index (χ0) is 16.5. The van der Waals surface area contributed by atoms with Crippen molar-refractivity contribution in [3.05, 3.63) is 33.9 Å². The molecule has 1 heterocycles. The van der Waals surface area contributed by atoms with Crippen molar-refractivity contribution in [2.45, 2.75) is 39.3 Å². The summed E-state index contributed by atoms with van der Waals surface area (Å²) in [6.07, 6.45) is 0. The van der Waals surface area contributed by atoms with Gasteiger partial charge in [-0.1, -0.05) is 35.6 Å². The van der Waals surface area contributed by atoms with Crippen LogP contribution in [0.1, 0.15) is 16.1 Å². The molecule has 2 rings (SSSR count). The molecular weight excluding hydrogens is 360 g/mol. The molecule has 2 N–H and O–H groups in total. The standard InChI is InChI=1S/C16H23BrN2O2Si/c1-11-9-13-14(17)6-5-12(16(18)20)15(13)19(11)10-21-7-8-22(2,3)4/h5-6,9H,7-8,10H2,1-4H3,(H2,18,20). The number of benzene rings is 1. The smallest absolute Gasteiger partial charge is 0.250 e. The lowest BCUT2D eigenvalue weighted by atomic mass is 10.1. The van der Waals surface area contributed by atoms with Crippen molar-refractivity contribution in [2.75, 3.05) is 6.61 Å². The molecule has 0 aliphatic carbocycles. The highest BCUT2D eigenvalue weighted by molar-refractivity contribution is 9.10. The number of aromatic nitrogens is 1. The molecule has 0 saturated heterocycles. The van der Waals surface area contributed by atoms with Crippen LogP contribution in [-0.2, 0) is 11.5 Å². The minimum absolute atomic E-state index is 0.418. The summed E-state index contributed by atoms with van der Waals surface area (Å²) in [7, 11) is -1.10. The largest absolute Gasteiger partial charge is 0.366 e. The van der Waals surface area contributed by atoms with E-state index >= 15 is 0 Å². The number of aryl methyl sites for hydroxylation is 1. The molecule has 0 aliphatic heterocycles. The van der Waals surface area contributed by atoms with E-state index in [4.69, 9.17) is 10.5 Å². The summed E-state index contributed by atoms with van der Waals surface area (Å²) in [5.41, 5.74) is 7.94. The maximum Gasteiger partial charge on any atom is 0.250 e. The van der Waals surface area contributed by atoms with Crippen LogP contribution < -0.4 is 5.73 Å². The van der Waals surface area contributed by atoms with Crippen LogP contribution in [0.5, 0.6) is 0 Å². The molecule has 0 saturated carbocycles. The Balaban J connectivity index is 2.31. The maximum atomic E-state index is 11.7. The van der Waals surface area contributed by atoms with E-state index in [1.807, 2.05) is 23.6 Å². The molecule has 6 heteroatoms. The van der Waals surface area contributed by atoms with Crippen LogP contribution in [-0.4, -0.2) is 25.2 Å². The number of carbonyl (C=O) groups excluding carboxylic acids is 1. The number of carbonyl (C=O) groups is 1. The van der Waals surface area contributed by atoms with E-state index in [1.54, 1.807) is 6.07 Å². The van der Waals surface area contributed by atoms with E-state index in [0.717, 1.165) is 33.7 Å². The van der Waals surface area contributed by atoms with Gasteiger partial charge in [0.15, 0.2) is 0 Å². The third kappa shape index (κ3) is 3.80. The van der Waals surface area contributed by atoms with Crippen LogP contribution in [0.25, 0.3) is 10.9 Å². The Kier molecular flexibility index (Phi) is 5.14. The van der Waals surface area contributed by atoms with Crippen LogP contribution >= 0.6 is 15.9 Å². The van der Waals surface area contributed by atoms with Gasteiger partial charge in [0.1, 0.15) is 6.73 Å². The molecule has 0 spiro atoms. The number of nitrogens with zero attached hydrogens (tertiary/aromatic N) is 1. The van der Waals surface area contributed by atoms with Crippen molar-refractivity contribution < 1.29 is 9.53 Å². The summed E-state index contributed by atoms with van der Waals surface area (Å²) in [6.45, 7) is 10.2. The zero-order valence-electron chi connectivity index (χ0n) is 13.6. The number of nitrogens with two attached hydrogens (primary N) is 1. The third-order valence-corrected chi connectivity index (χ3v) is 6.09. The van der Waals surface area contributed by atoms with Gasteiger partial charge in [-0.05, 0) is 31.2 Å². The lowest BCUT2D eigenvalue weighted by molar-refractivity contribution is 0.0887. The van der Waals surface area contributed by atoms with E-state index in [0.29, 0.717) is 12.3 Å². The first kappa shape index (κ1) is 17.2. The Labute approximate surface area is 140 Å². The second kappa shape index (κ2) is 6.56. The quantitative estimate of drug-likeness (QED) is 0.603. The fourth-order valence-electron chi connectivity index (χ4n) is 2.37. The third-order valence-electron chi connectivity index (χ3n) is 3.70. The lowest BCUT2D eigenvalue weighted by Crippen LogP contribution is -2.22. The van der Waals surface area contributed by atoms with Gasteiger partial charge in [0.2, 0.25) is 0 Å². The summed E-state index contributed by atoms with van der Waals surface area (Å²) in [6, 6.07) is 6.79. The average Bonchev–Trinajstić information content (AvgIpc) is 2.72. The van der Waals surface area contributed by atoms with Gasteiger partial charge in [0.25, 0.3) is 5.91 Å². The summed E-state index contributed by atoms with van der Waals surface area (Å²) < 4.78 is 8.82. The first-order valence-electron chi connectivity index (χ1n) is 7.36. The number of fused-ring (bicyclic) bond motifs is 1. The summed E-state index contributed by atoms with van der Waals surface area (Å²) in [5.74, 6) is -0.418. The molecule has 0 radical (unpaired) electrons. The van der Waals surface area contributed by atoms with Crippen LogP contribution in [0.3, 0.4) is 0 Å². The van der Waals surface area contributed by atoms with Crippen molar-refractivity contribution in [3.63, 3.8) is 0 Å². The number of primary amides is 1. The molecule has 2 aromatic rings. The van der Waals surface area contributed by atoms with Crippen molar-refractivity contribution in [3.8, 4) is 0 Å². The zero-order valence-corrected chi connectivity index (χ0v) is 16.2. The van der Waals surface area contributed by atoms with Crippen molar-refractivity contribution in [1.29, 1.82) is 0 Å². The Morgan fingerprint density at radius 1 is 1.36 bits per heavy atom. The first-order chi connectivity index (χ1) is 10.2. The normalized spacial score (nSPS) is 12.0. The fourth-order valence-corrected chi connectivity index (χ4v) is 3.57. The molecule has 0 atom stereocenters. The van der Waals surface area contributed by atoms with Gasteiger partial charge in [-0.3, -0.25) is 4.79 Å². The number of halogens is 1. The van der Waals surface area contributed by atoms with Crippen LogP contribution in [0.2, 0.25) is 25.7 Å². The minimum atomic E-state index is -1.10. The summed E-state index contributed by atoms with van der Waals surface area (Å²) in [4.78, 5) is 11.7. The van der Waals surface area contributed by atoms with Gasteiger partial charge in [0.05, 0.1) is 11.1 Å². The Morgan fingerprint density at radius 3 is 2.64 bits per heavy atom. The van der Waals surface area contributed by atoms with Crippen LogP contribution in [0.4, 0.5) is 0 Å². The first-order valence-corrected chi connectivity index (χ1v) is 11.9. The molecule has 120 valence electrons. The Bertz CT molecular complexity index is 704. The predicted octanol–water partition coefficient (Wildman–Crippen LogP) is 4.12. The van der Waals surface area contributed by atoms with Crippen LogP contribution in [0.15, 0.2) is 22.7 Å². The maximum absolute atomic E-state index is 11.7.